The number of benzene rings is 1. The molecule has 5 atom stereocenters. The van der Waals surface area contributed by atoms with Crippen LogP contribution in [0.15, 0.2) is 30.1 Å². The highest BCUT2D eigenvalue weighted by Gasteiger charge is 2.45. The Labute approximate surface area is 241 Å². The predicted octanol–water partition coefficient (Wildman–Crippen LogP) is 5.37. The Hall–Kier alpha value is -2.99. The van der Waals surface area contributed by atoms with E-state index in [-0.39, 0.29) is 24.5 Å². The van der Waals surface area contributed by atoms with Crippen LogP contribution in [0.25, 0.3) is 6.08 Å². The van der Waals surface area contributed by atoms with E-state index in [0.29, 0.717) is 11.3 Å². The lowest BCUT2D eigenvalue weighted by atomic mass is 9.98. The van der Waals surface area contributed by atoms with E-state index >= 15 is 4.39 Å². The van der Waals surface area contributed by atoms with E-state index in [1.165, 1.54) is 24.2 Å². The van der Waals surface area contributed by atoms with Crippen LogP contribution in [0.5, 0.6) is 5.75 Å². The summed E-state index contributed by atoms with van der Waals surface area (Å²) in [5.41, 5.74) is 0.157. The molecule has 2 heterocycles. The molecule has 0 bridgehead atoms. The Bertz CT molecular complexity index is 1170. The topological polar surface area (TPSA) is 113 Å². The highest BCUT2D eigenvalue weighted by atomic mass is 19.1. The van der Waals surface area contributed by atoms with Crippen molar-refractivity contribution in [1.82, 2.24) is 0 Å². The third-order valence-electron chi connectivity index (χ3n) is 6.65. The number of ether oxygens (including phenoxy) is 6. The number of anilines is 1. The average molecular weight is 580 g/mol. The number of hydrogen-bond donors (Lipinski definition) is 1. The van der Waals surface area contributed by atoms with Crippen LogP contribution in [-0.2, 0) is 23.7 Å². The van der Waals surface area contributed by atoms with Gasteiger partial charge in [-0.2, -0.15) is 0 Å². The second kappa shape index (κ2) is 12.9. The third kappa shape index (κ3) is 8.28. The quantitative estimate of drug-likeness (QED) is 0.371. The highest BCUT2D eigenvalue weighted by molar-refractivity contribution is 5.99. The first-order valence-electron chi connectivity index (χ1n) is 13.6. The van der Waals surface area contributed by atoms with Crippen molar-refractivity contribution in [2.24, 2.45) is 5.92 Å². The number of hydrogen-bond acceptors (Lipinski definition) is 9. The molecule has 0 spiro atoms. The molecule has 2 aliphatic heterocycles. The van der Waals surface area contributed by atoms with Gasteiger partial charge in [-0.1, -0.05) is 19.1 Å². The number of nitrogens with zero attached hydrogens (tertiary/aromatic N) is 1. The number of halogens is 1. The number of fused-ring (bicyclic) bond motifs is 2. The van der Waals surface area contributed by atoms with Gasteiger partial charge in [0.1, 0.15) is 41.1 Å². The molecule has 0 saturated carbocycles. The van der Waals surface area contributed by atoms with Crippen molar-refractivity contribution in [3.8, 4) is 5.75 Å². The molecule has 0 radical (unpaired) electrons. The number of aliphatic hydroxyl groups excluding tert-OH is 1. The average Bonchev–Trinajstić information content (AvgIpc) is 3.18. The van der Waals surface area contributed by atoms with Gasteiger partial charge in [0.05, 0.1) is 11.8 Å². The molecule has 1 unspecified atom stereocenters. The lowest BCUT2D eigenvalue weighted by Gasteiger charge is -2.26. The Balaban J connectivity index is 2.14. The number of carbonyl (C=O) groups excluding carboxylic acids is 2. The molecular weight excluding hydrogens is 537 g/mol. The fraction of sp³-hybridized carbons (Fsp3) is 0.600. The van der Waals surface area contributed by atoms with Gasteiger partial charge >= 0.3 is 12.1 Å². The first kappa shape index (κ1) is 32.5. The number of methoxy groups -OCH3 is 1. The number of rotatable bonds is 4. The Morgan fingerprint density at radius 3 is 2.54 bits per heavy atom. The van der Waals surface area contributed by atoms with Crippen LogP contribution in [0, 0.1) is 5.92 Å². The number of cyclic esters (lactones) is 1. The molecular formula is C30H42FNO9. The van der Waals surface area contributed by atoms with Gasteiger partial charge in [0.15, 0.2) is 12.6 Å². The van der Waals surface area contributed by atoms with Crippen LogP contribution in [-0.4, -0.2) is 73.9 Å². The van der Waals surface area contributed by atoms with Gasteiger partial charge in [-0.3, -0.25) is 4.90 Å². The lowest BCUT2D eigenvalue weighted by Crippen LogP contribution is -2.36. The molecule has 1 N–H and O–H groups in total. The maximum atomic E-state index is 15.1. The summed E-state index contributed by atoms with van der Waals surface area (Å²) in [6, 6.07) is 3.16. The SMILES string of the molecule is COCOc1cc(N(C)C(=O)OC(C)(C)C)cc2c1C(=O)O[C@@H](C)[C@H](C)/C=C(/F)C(O)[C@H]1OC(C)(C)O[C@H]1C/C=C/2. The molecule has 0 aliphatic carbocycles. The third-order valence-corrected chi connectivity index (χ3v) is 6.65. The normalized spacial score (nSPS) is 28.7. The predicted molar refractivity (Wildman–Crippen MR) is 150 cm³/mol. The Morgan fingerprint density at radius 1 is 1.22 bits per heavy atom. The number of aliphatic hydroxyl groups is 1. The standard InChI is InChI=1S/C30H42FNO9/c1-17-13-21(31)25(33)26-22(39-30(6,7)40-26)12-10-11-19-14-20(32(8)28(35)41-29(3,4)5)15-23(37-16-36-9)24(19)27(34)38-18(17)2/h10-11,13-15,17-18,22,25-26,33H,12,16H2,1-9H3/b11-10+,21-13+/t17-,18+,22+,25?,26+/m1/s1. The van der Waals surface area contributed by atoms with Crippen molar-refractivity contribution in [2.45, 2.75) is 90.7 Å². The molecule has 1 amide bonds. The molecule has 1 fully saturated rings. The summed E-state index contributed by atoms with van der Waals surface area (Å²) in [6.07, 6.45) is 0.227. The van der Waals surface area contributed by atoms with E-state index < -0.39 is 59.6 Å². The summed E-state index contributed by atoms with van der Waals surface area (Å²) in [4.78, 5) is 27.7. The summed E-state index contributed by atoms with van der Waals surface area (Å²) < 4.78 is 49.0. The van der Waals surface area contributed by atoms with Crippen molar-refractivity contribution < 1.29 is 47.5 Å². The van der Waals surface area contributed by atoms with Crippen molar-refractivity contribution in [3.63, 3.8) is 0 Å². The van der Waals surface area contributed by atoms with Crippen LogP contribution < -0.4 is 9.64 Å². The Kier molecular flexibility index (Phi) is 10.2. The summed E-state index contributed by atoms with van der Waals surface area (Å²) in [5, 5.41) is 10.8. The zero-order chi connectivity index (χ0) is 30.7. The van der Waals surface area contributed by atoms with Crippen molar-refractivity contribution in [2.75, 3.05) is 25.9 Å². The lowest BCUT2D eigenvalue weighted by molar-refractivity contribution is -0.153. The minimum absolute atomic E-state index is 0.0979. The van der Waals surface area contributed by atoms with Gasteiger partial charge in [0, 0.05) is 26.1 Å². The van der Waals surface area contributed by atoms with Crippen molar-refractivity contribution >= 4 is 23.8 Å². The van der Waals surface area contributed by atoms with Crippen LogP contribution >= 0.6 is 0 Å². The molecule has 41 heavy (non-hydrogen) atoms. The van der Waals surface area contributed by atoms with Crippen molar-refractivity contribution in [3.05, 3.63) is 41.2 Å². The molecule has 0 aromatic heterocycles. The van der Waals surface area contributed by atoms with E-state index in [9.17, 15) is 14.7 Å². The molecule has 1 saturated heterocycles. The fourth-order valence-electron chi connectivity index (χ4n) is 4.46. The molecule has 3 rings (SSSR count). The second-order valence-electron chi connectivity index (χ2n) is 11.7. The summed E-state index contributed by atoms with van der Waals surface area (Å²) >= 11 is 0. The van der Waals surface area contributed by atoms with Gasteiger partial charge in [-0.15, -0.1) is 0 Å². The summed E-state index contributed by atoms with van der Waals surface area (Å²) in [7, 11) is 2.98. The highest BCUT2D eigenvalue weighted by Crippen LogP contribution is 2.36. The molecule has 228 valence electrons. The molecule has 10 nitrogen and oxygen atoms in total. The zero-order valence-electron chi connectivity index (χ0n) is 25.2. The van der Waals surface area contributed by atoms with E-state index in [1.807, 2.05) is 0 Å². The van der Waals surface area contributed by atoms with E-state index in [2.05, 4.69) is 0 Å². The van der Waals surface area contributed by atoms with Gasteiger partial charge in [-0.25, -0.2) is 14.0 Å². The summed E-state index contributed by atoms with van der Waals surface area (Å²) in [5.74, 6) is -3.03. The molecule has 1 aromatic rings. The van der Waals surface area contributed by atoms with E-state index in [4.69, 9.17) is 28.4 Å². The first-order chi connectivity index (χ1) is 19.0. The van der Waals surface area contributed by atoms with E-state index in [0.717, 1.165) is 0 Å². The van der Waals surface area contributed by atoms with Gasteiger partial charge < -0.3 is 33.5 Å². The first-order valence-corrected chi connectivity index (χ1v) is 13.6. The molecule has 1 aromatic carbocycles. The summed E-state index contributed by atoms with van der Waals surface area (Å²) in [6.45, 7) is 11.8. The molecule has 2 aliphatic rings. The van der Waals surface area contributed by atoms with Crippen LogP contribution in [0.4, 0.5) is 14.9 Å². The van der Waals surface area contributed by atoms with E-state index in [1.54, 1.807) is 73.7 Å². The number of esters is 1. The maximum absolute atomic E-state index is 15.1. The number of carbonyl (C=O) groups is 2. The smallest absolute Gasteiger partial charge is 0.414 e. The Morgan fingerprint density at radius 2 is 1.90 bits per heavy atom. The largest absolute Gasteiger partial charge is 0.467 e. The minimum atomic E-state index is -1.57. The van der Waals surface area contributed by atoms with Gasteiger partial charge in [-0.05, 0) is 65.7 Å². The second-order valence-corrected chi connectivity index (χ2v) is 11.7. The van der Waals surface area contributed by atoms with Crippen LogP contribution in [0.1, 0.15) is 70.8 Å². The zero-order valence-corrected chi connectivity index (χ0v) is 25.2. The molecule has 11 heteroatoms. The van der Waals surface area contributed by atoms with Gasteiger partial charge in [0.2, 0.25) is 0 Å². The van der Waals surface area contributed by atoms with Crippen molar-refractivity contribution in [1.29, 1.82) is 0 Å². The van der Waals surface area contributed by atoms with Crippen LogP contribution in [0.2, 0.25) is 0 Å². The number of amides is 1. The maximum Gasteiger partial charge on any atom is 0.414 e. The fourth-order valence-corrected chi connectivity index (χ4v) is 4.46. The van der Waals surface area contributed by atoms with Crippen LogP contribution in [0.3, 0.4) is 0 Å². The minimum Gasteiger partial charge on any atom is -0.467 e. The van der Waals surface area contributed by atoms with Gasteiger partial charge in [0.25, 0.3) is 0 Å². The monoisotopic (exact) mass is 579 g/mol.